The first-order valence-electron chi connectivity index (χ1n) is 12.6. The summed E-state index contributed by atoms with van der Waals surface area (Å²) in [4.78, 5) is 21.9. The monoisotopic (exact) mass is 554 g/mol. The summed E-state index contributed by atoms with van der Waals surface area (Å²) in [5.41, 5.74) is 7.68. The first-order valence-corrected chi connectivity index (χ1v) is 14.1. The number of carbonyl (C=O) groups excluding carboxylic acids is 1. The van der Waals surface area contributed by atoms with Crippen LogP contribution in [0, 0.1) is 18.6 Å². The van der Waals surface area contributed by atoms with Crippen LogP contribution in [0.4, 0.5) is 8.78 Å². The van der Waals surface area contributed by atoms with Crippen LogP contribution in [0.2, 0.25) is 0 Å². The van der Waals surface area contributed by atoms with Crippen molar-refractivity contribution in [3.8, 4) is 11.5 Å². The van der Waals surface area contributed by atoms with Gasteiger partial charge in [-0.25, -0.2) is 22.2 Å². The van der Waals surface area contributed by atoms with Crippen LogP contribution in [-0.4, -0.2) is 53.6 Å². The van der Waals surface area contributed by atoms with E-state index in [1.165, 1.54) is 17.2 Å². The number of benzene rings is 2. The highest BCUT2D eigenvalue weighted by Crippen LogP contribution is 2.34. The summed E-state index contributed by atoms with van der Waals surface area (Å²) in [6.07, 6.45) is 3.68. The molecular weight excluding hydrogens is 526 g/mol. The van der Waals surface area contributed by atoms with E-state index in [1.54, 1.807) is 36.5 Å². The van der Waals surface area contributed by atoms with Gasteiger partial charge in [0.25, 0.3) is 0 Å². The van der Waals surface area contributed by atoms with E-state index in [0.717, 1.165) is 17.7 Å². The van der Waals surface area contributed by atoms with Gasteiger partial charge in [0.05, 0.1) is 21.6 Å². The van der Waals surface area contributed by atoms with Gasteiger partial charge in [0.2, 0.25) is 5.91 Å². The van der Waals surface area contributed by atoms with Crippen molar-refractivity contribution in [1.29, 1.82) is 0 Å². The van der Waals surface area contributed by atoms with Gasteiger partial charge in [-0.15, -0.1) is 0 Å². The maximum Gasteiger partial charge on any atom is 0.239 e. The number of sulfone groups is 1. The van der Waals surface area contributed by atoms with Gasteiger partial charge in [-0.2, -0.15) is 0 Å². The topological polar surface area (TPSA) is 118 Å². The lowest BCUT2D eigenvalue weighted by Gasteiger charge is -2.33. The molecule has 0 bridgehead atoms. The summed E-state index contributed by atoms with van der Waals surface area (Å²) in [6, 6.07) is 10.9. The second kappa shape index (κ2) is 10.7. The standard InChI is InChI=1S/C28H28F2N4O4S/c1-17-16-33-27-25(17)24(7-10-32-27)38-26-21(29)13-18(14-22(26)30)15-23(31)28(35)34-11-8-20(9-12-34)39(36,37)19-5-3-2-4-6-19/h2-7,10,13-14,16,20,23H,8-9,11-12,15,31H2,1H3,(H,32,33)/t23-/m0/s1. The number of hydrogen-bond donors (Lipinski definition) is 2. The van der Waals surface area contributed by atoms with Gasteiger partial charge in [-0.05, 0) is 67.6 Å². The summed E-state index contributed by atoms with van der Waals surface area (Å²) >= 11 is 0. The van der Waals surface area contributed by atoms with Crippen LogP contribution >= 0.6 is 0 Å². The molecule has 1 atom stereocenters. The molecule has 39 heavy (non-hydrogen) atoms. The first-order chi connectivity index (χ1) is 18.6. The van der Waals surface area contributed by atoms with Crippen LogP contribution in [0.5, 0.6) is 11.5 Å². The van der Waals surface area contributed by atoms with Crippen molar-refractivity contribution >= 4 is 26.8 Å². The molecule has 3 N–H and O–H groups in total. The van der Waals surface area contributed by atoms with Crippen molar-refractivity contribution in [2.45, 2.75) is 42.4 Å². The molecule has 4 aromatic rings. The Balaban J connectivity index is 1.23. The lowest BCUT2D eigenvalue weighted by atomic mass is 10.0. The van der Waals surface area contributed by atoms with Crippen molar-refractivity contribution in [2.24, 2.45) is 5.73 Å². The zero-order chi connectivity index (χ0) is 27.7. The maximum absolute atomic E-state index is 14.9. The Kier molecular flexibility index (Phi) is 7.37. The fourth-order valence-electron chi connectivity index (χ4n) is 4.97. The molecule has 1 amide bonds. The molecule has 0 aliphatic carbocycles. The predicted octanol–water partition coefficient (Wildman–Crippen LogP) is 4.28. The normalized spacial score (nSPS) is 15.4. The second-order valence-corrected chi connectivity index (χ2v) is 11.9. The minimum atomic E-state index is -3.50. The minimum Gasteiger partial charge on any atom is -0.450 e. The lowest BCUT2D eigenvalue weighted by molar-refractivity contribution is -0.133. The van der Waals surface area contributed by atoms with Crippen molar-refractivity contribution < 1.29 is 26.7 Å². The van der Waals surface area contributed by atoms with Crippen LogP contribution in [0.3, 0.4) is 0 Å². The van der Waals surface area contributed by atoms with E-state index in [4.69, 9.17) is 10.5 Å². The fraction of sp³-hybridized carbons (Fsp3) is 0.286. The predicted molar refractivity (Wildman–Crippen MR) is 142 cm³/mol. The molecular formula is C28H28F2N4O4S. The molecule has 0 unspecified atom stereocenters. The first kappa shape index (κ1) is 26.8. The van der Waals surface area contributed by atoms with Gasteiger partial charge in [0, 0.05) is 25.5 Å². The summed E-state index contributed by atoms with van der Waals surface area (Å²) in [5.74, 6) is -2.54. The number of aromatic amines is 1. The van der Waals surface area contributed by atoms with E-state index >= 15 is 0 Å². The van der Waals surface area contributed by atoms with Gasteiger partial charge in [-0.3, -0.25) is 4.79 Å². The molecule has 204 valence electrons. The van der Waals surface area contributed by atoms with Gasteiger partial charge in [-0.1, -0.05) is 18.2 Å². The Morgan fingerprint density at radius 2 is 1.82 bits per heavy atom. The quantitative estimate of drug-likeness (QED) is 0.352. The van der Waals surface area contributed by atoms with E-state index in [-0.39, 0.29) is 48.6 Å². The molecule has 11 heteroatoms. The van der Waals surface area contributed by atoms with Gasteiger partial charge < -0.3 is 20.4 Å². The minimum absolute atomic E-state index is 0.0916. The number of nitrogens with zero attached hydrogens (tertiary/aromatic N) is 2. The van der Waals surface area contributed by atoms with Gasteiger partial charge in [0.15, 0.2) is 27.2 Å². The highest BCUT2D eigenvalue weighted by molar-refractivity contribution is 7.92. The van der Waals surface area contributed by atoms with E-state index in [2.05, 4.69) is 9.97 Å². The maximum atomic E-state index is 14.9. The van der Waals surface area contributed by atoms with Crippen molar-refractivity contribution in [3.05, 3.63) is 83.7 Å². The number of ether oxygens (including phenoxy) is 1. The number of carbonyl (C=O) groups is 1. The number of nitrogens with one attached hydrogen (secondary N) is 1. The molecule has 8 nitrogen and oxygen atoms in total. The number of amides is 1. The highest BCUT2D eigenvalue weighted by atomic mass is 32.2. The van der Waals surface area contributed by atoms with Crippen LogP contribution in [0.15, 0.2) is 65.8 Å². The number of nitrogens with two attached hydrogens (primary N) is 1. The molecule has 0 radical (unpaired) electrons. The van der Waals surface area contributed by atoms with E-state index < -0.39 is 44.4 Å². The second-order valence-electron chi connectivity index (χ2n) is 9.69. The largest absolute Gasteiger partial charge is 0.450 e. The van der Waals surface area contributed by atoms with Gasteiger partial charge in [0.1, 0.15) is 11.4 Å². The third kappa shape index (κ3) is 5.37. The average Bonchev–Trinajstić information content (AvgIpc) is 3.32. The molecule has 1 fully saturated rings. The number of hydrogen-bond acceptors (Lipinski definition) is 6. The number of piperidine rings is 1. The summed E-state index contributed by atoms with van der Waals surface area (Å²) in [7, 11) is -3.50. The van der Waals surface area contributed by atoms with Crippen molar-refractivity contribution in [2.75, 3.05) is 13.1 Å². The molecule has 1 aliphatic heterocycles. The summed E-state index contributed by atoms with van der Waals surface area (Å²) in [6.45, 7) is 2.29. The third-order valence-corrected chi connectivity index (χ3v) is 9.32. The molecule has 1 aliphatic rings. The van der Waals surface area contributed by atoms with Crippen molar-refractivity contribution in [1.82, 2.24) is 14.9 Å². The van der Waals surface area contributed by atoms with E-state index in [1.807, 2.05) is 6.92 Å². The number of likely N-dealkylation sites (tertiary alicyclic amines) is 1. The SMILES string of the molecule is Cc1c[nH]c2nccc(Oc3c(F)cc(C[C@H](N)C(=O)N4CCC(S(=O)(=O)c5ccccc5)CC4)cc3F)c12. The fourth-order valence-corrected chi connectivity index (χ4v) is 6.72. The van der Waals surface area contributed by atoms with Crippen LogP contribution in [0.1, 0.15) is 24.0 Å². The number of H-pyrrole nitrogens is 1. The molecule has 0 saturated carbocycles. The molecule has 1 saturated heterocycles. The zero-order valence-corrected chi connectivity index (χ0v) is 22.0. The van der Waals surface area contributed by atoms with Crippen LogP contribution < -0.4 is 10.5 Å². The Morgan fingerprint density at radius 3 is 2.49 bits per heavy atom. The van der Waals surface area contributed by atoms with Crippen molar-refractivity contribution in [3.63, 3.8) is 0 Å². The molecule has 2 aromatic heterocycles. The Bertz CT molecular complexity index is 1590. The van der Waals surface area contributed by atoms with E-state index in [0.29, 0.717) is 11.0 Å². The zero-order valence-electron chi connectivity index (χ0n) is 21.2. The third-order valence-electron chi connectivity index (χ3n) is 7.04. The average molecular weight is 555 g/mol. The van der Waals surface area contributed by atoms with Gasteiger partial charge >= 0.3 is 0 Å². The molecule has 0 spiro atoms. The lowest BCUT2D eigenvalue weighted by Crippen LogP contribution is -2.49. The Labute approximate surface area is 224 Å². The van der Waals surface area contributed by atoms with Crippen LogP contribution in [-0.2, 0) is 21.1 Å². The smallest absolute Gasteiger partial charge is 0.239 e. The Morgan fingerprint density at radius 1 is 1.15 bits per heavy atom. The highest BCUT2D eigenvalue weighted by Gasteiger charge is 2.34. The molecule has 3 heterocycles. The summed E-state index contributed by atoms with van der Waals surface area (Å²) in [5, 5.41) is 0.0286. The number of pyridine rings is 1. The molecule has 5 rings (SSSR count). The Hall–Kier alpha value is -3.83. The summed E-state index contributed by atoms with van der Waals surface area (Å²) < 4.78 is 61.3. The molecule has 2 aromatic carbocycles. The number of aryl methyl sites for hydroxylation is 1. The number of halogens is 2. The number of fused-ring (bicyclic) bond motifs is 1. The van der Waals surface area contributed by atoms with Crippen LogP contribution in [0.25, 0.3) is 11.0 Å². The number of aromatic nitrogens is 2. The number of rotatable bonds is 7. The van der Waals surface area contributed by atoms with E-state index in [9.17, 15) is 22.0 Å².